The van der Waals surface area contributed by atoms with Gasteiger partial charge >= 0.3 is 0 Å². The molecule has 8 heteroatoms. The maximum absolute atomic E-state index is 11.5. The van der Waals surface area contributed by atoms with Crippen LogP contribution in [-0.4, -0.2) is 93.5 Å². The standard InChI is InChI=1S/C25H37N5O3/c1-20-16-21(2)30(26-20)14-15-33-24-6-4-23(5-7-24)17-28-9-8-25(32,19-28)18-27-10-12-29(13-11-27)22(3)31/h4-7,16,32H,8-15,17-19H2,1-3H3. The molecule has 180 valence electrons. The smallest absolute Gasteiger partial charge is 0.219 e. The first kappa shape index (κ1) is 23.7. The number of ether oxygens (including phenoxy) is 1. The molecule has 1 aromatic heterocycles. The summed E-state index contributed by atoms with van der Waals surface area (Å²) in [5, 5.41) is 15.6. The van der Waals surface area contributed by atoms with Crippen LogP contribution >= 0.6 is 0 Å². The topological polar surface area (TPSA) is 74.1 Å². The molecule has 33 heavy (non-hydrogen) atoms. The van der Waals surface area contributed by atoms with E-state index in [9.17, 15) is 9.90 Å². The molecule has 0 spiro atoms. The minimum atomic E-state index is -0.676. The first-order chi connectivity index (χ1) is 15.8. The Morgan fingerprint density at radius 1 is 1.09 bits per heavy atom. The SMILES string of the molecule is CC(=O)N1CCN(CC2(O)CCN(Cc3ccc(OCCn4nc(C)cc4C)cc3)C2)CC1. The average Bonchev–Trinajstić information content (AvgIpc) is 3.30. The van der Waals surface area contributed by atoms with Gasteiger partial charge in [-0.15, -0.1) is 0 Å². The van der Waals surface area contributed by atoms with Crippen molar-refractivity contribution in [3.05, 3.63) is 47.3 Å². The number of nitrogens with zero attached hydrogens (tertiary/aromatic N) is 5. The summed E-state index contributed by atoms with van der Waals surface area (Å²) in [6, 6.07) is 10.3. The van der Waals surface area contributed by atoms with Crippen LogP contribution < -0.4 is 4.74 Å². The van der Waals surface area contributed by atoms with E-state index < -0.39 is 5.60 Å². The second-order valence-electron chi connectivity index (χ2n) is 9.61. The summed E-state index contributed by atoms with van der Waals surface area (Å²) in [6.07, 6.45) is 0.785. The Balaban J connectivity index is 1.20. The third-order valence-corrected chi connectivity index (χ3v) is 6.75. The number of carbonyl (C=O) groups excluding carboxylic acids is 1. The van der Waals surface area contributed by atoms with Crippen molar-refractivity contribution in [1.29, 1.82) is 0 Å². The normalized spacial score (nSPS) is 22.1. The predicted octanol–water partition coefficient (Wildman–Crippen LogP) is 1.68. The minimum absolute atomic E-state index is 0.139. The summed E-state index contributed by atoms with van der Waals surface area (Å²) >= 11 is 0. The molecular formula is C25H37N5O3. The molecular weight excluding hydrogens is 418 g/mol. The molecule has 4 rings (SSSR count). The number of benzene rings is 1. The highest BCUT2D eigenvalue weighted by molar-refractivity contribution is 5.73. The lowest BCUT2D eigenvalue weighted by Gasteiger charge is -2.38. The van der Waals surface area contributed by atoms with Gasteiger partial charge in [-0.25, -0.2) is 0 Å². The van der Waals surface area contributed by atoms with Crippen molar-refractivity contribution in [1.82, 2.24) is 24.5 Å². The maximum atomic E-state index is 11.5. The lowest BCUT2D eigenvalue weighted by Crippen LogP contribution is -2.53. The lowest BCUT2D eigenvalue weighted by molar-refractivity contribution is -0.130. The Morgan fingerprint density at radius 2 is 1.82 bits per heavy atom. The van der Waals surface area contributed by atoms with Crippen molar-refractivity contribution < 1.29 is 14.6 Å². The van der Waals surface area contributed by atoms with Crippen molar-refractivity contribution in [3.63, 3.8) is 0 Å². The number of amides is 1. The van der Waals surface area contributed by atoms with Gasteiger partial charge in [0.2, 0.25) is 5.91 Å². The molecule has 1 N–H and O–H groups in total. The molecule has 8 nitrogen and oxygen atoms in total. The molecule has 2 aliphatic heterocycles. The Morgan fingerprint density at radius 3 is 2.45 bits per heavy atom. The van der Waals surface area contributed by atoms with E-state index in [1.807, 2.05) is 28.6 Å². The van der Waals surface area contributed by atoms with Crippen LogP contribution in [0.3, 0.4) is 0 Å². The van der Waals surface area contributed by atoms with Gasteiger partial charge in [0, 0.05) is 65.0 Å². The van der Waals surface area contributed by atoms with Crippen LogP contribution in [0.2, 0.25) is 0 Å². The fraction of sp³-hybridized carbons (Fsp3) is 0.600. The van der Waals surface area contributed by atoms with Gasteiger partial charge in [0.05, 0.1) is 17.8 Å². The van der Waals surface area contributed by atoms with Gasteiger partial charge in [-0.2, -0.15) is 5.10 Å². The summed E-state index contributed by atoms with van der Waals surface area (Å²) in [4.78, 5) is 18.0. The number of piperazine rings is 1. The molecule has 1 unspecified atom stereocenters. The van der Waals surface area contributed by atoms with E-state index in [-0.39, 0.29) is 5.91 Å². The monoisotopic (exact) mass is 455 g/mol. The van der Waals surface area contributed by atoms with Crippen LogP contribution in [0.15, 0.2) is 30.3 Å². The number of aromatic nitrogens is 2. The first-order valence-electron chi connectivity index (χ1n) is 12.0. The molecule has 0 saturated carbocycles. The molecule has 1 aromatic carbocycles. The summed E-state index contributed by atoms with van der Waals surface area (Å²) in [5.41, 5.74) is 2.72. The van der Waals surface area contributed by atoms with Crippen molar-refractivity contribution in [3.8, 4) is 5.75 Å². The fourth-order valence-electron chi connectivity index (χ4n) is 4.94. The van der Waals surface area contributed by atoms with E-state index in [4.69, 9.17) is 4.74 Å². The summed E-state index contributed by atoms with van der Waals surface area (Å²) in [6.45, 7) is 13.3. The van der Waals surface area contributed by atoms with Gasteiger partial charge in [0.1, 0.15) is 12.4 Å². The van der Waals surface area contributed by atoms with Crippen molar-refractivity contribution in [2.24, 2.45) is 0 Å². The highest BCUT2D eigenvalue weighted by Gasteiger charge is 2.38. The van der Waals surface area contributed by atoms with Crippen LogP contribution in [0.4, 0.5) is 0 Å². The quantitative estimate of drug-likeness (QED) is 0.653. The van der Waals surface area contributed by atoms with Gasteiger partial charge in [-0.1, -0.05) is 12.1 Å². The molecule has 2 aromatic rings. The average molecular weight is 456 g/mol. The van der Waals surface area contributed by atoms with Crippen LogP contribution in [0.5, 0.6) is 5.75 Å². The summed E-state index contributed by atoms with van der Waals surface area (Å²) in [5.74, 6) is 1.00. The Labute approximate surface area is 196 Å². The molecule has 2 fully saturated rings. The number of hydrogen-bond acceptors (Lipinski definition) is 6. The zero-order chi connectivity index (χ0) is 23.4. The molecule has 0 aliphatic carbocycles. The van der Waals surface area contributed by atoms with E-state index in [0.717, 1.165) is 69.4 Å². The number of hydrogen-bond donors (Lipinski definition) is 1. The van der Waals surface area contributed by atoms with Crippen LogP contribution in [0.1, 0.15) is 30.3 Å². The summed E-state index contributed by atoms with van der Waals surface area (Å²) < 4.78 is 7.87. The molecule has 2 aliphatic rings. The zero-order valence-corrected chi connectivity index (χ0v) is 20.2. The second kappa shape index (κ2) is 10.2. The number of rotatable bonds is 8. The number of β-amino-alcohol motifs (C(OH)–C–C–N with tert-alkyl or cyclic N) is 1. The Hall–Kier alpha value is -2.42. The highest BCUT2D eigenvalue weighted by atomic mass is 16.5. The molecule has 0 bridgehead atoms. The number of likely N-dealkylation sites (tertiary alicyclic amines) is 1. The molecule has 1 amide bonds. The van der Waals surface area contributed by atoms with Gasteiger partial charge in [-0.3, -0.25) is 19.3 Å². The third-order valence-electron chi connectivity index (χ3n) is 6.75. The molecule has 2 saturated heterocycles. The van der Waals surface area contributed by atoms with Gasteiger partial charge < -0.3 is 14.7 Å². The molecule has 1 atom stereocenters. The van der Waals surface area contributed by atoms with Crippen molar-refractivity contribution in [2.75, 3.05) is 52.4 Å². The van der Waals surface area contributed by atoms with Crippen LogP contribution in [0.25, 0.3) is 0 Å². The summed E-state index contributed by atoms with van der Waals surface area (Å²) in [7, 11) is 0. The number of aryl methyl sites for hydroxylation is 2. The van der Waals surface area contributed by atoms with Crippen molar-refractivity contribution >= 4 is 5.91 Å². The third kappa shape index (κ3) is 6.34. The minimum Gasteiger partial charge on any atom is -0.492 e. The largest absolute Gasteiger partial charge is 0.492 e. The fourth-order valence-corrected chi connectivity index (χ4v) is 4.94. The van der Waals surface area contributed by atoms with Gasteiger partial charge in [0.25, 0.3) is 0 Å². The van der Waals surface area contributed by atoms with E-state index in [1.165, 1.54) is 5.56 Å². The molecule has 3 heterocycles. The van der Waals surface area contributed by atoms with E-state index in [2.05, 4.69) is 40.0 Å². The second-order valence-corrected chi connectivity index (χ2v) is 9.61. The lowest BCUT2D eigenvalue weighted by atomic mass is 10.0. The maximum Gasteiger partial charge on any atom is 0.219 e. The number of carbonyl (C=O) groups is 1. The molecule has 0 radical (unpaired) electrons. The van der Waals surface area contributed by atoms with Gasteiger partial charge in [0.15, 0.2) is 0 Å². The van der Waals surface area contributed by atoms with E-state index >= 15 is 0 Å². The van der Waals surface area contributed by atoms with Crippen LogP contribution in [0, 0.1) is 13.8 Å². The van der Waals surface area contributed by atoms with Gasteiger partial charge in [-0.05, 0) is 44.0 Å². The number of aliphatic hydroxyl groups is 1. The highest BCUT2D eigenvalue weighted by Crippen LogP contribution is 2.25. The van der Waals surface area contributed by atoms with E-state index in [1.54, 1.807) is 6.92 Å². The van der Waals surface area contributed by atoms with E-state index in [0.29, 0.717) is 19.7 Å². The Kier molecular flexibility index (Phi) is 7.36. The zero-order valence-electron chi connectivity index (χ0n) is 20.2. The Bertz CT molecular complexity index is 936. The van der Waals surface area contributed by atoms with Crippen LogP contribution in [-0.2, 0) is 17.9 Å². The van der Waals surface area contributed by atoms with Crippen molar-refractivity contribution in [2.45, 2.75) is 45.9 Å². The first-order valence-corrected chi connectivity index (χ1v) is 12.0. The predicted molar refractivity (Wildman–Crippen MR) is 127 cm³/mol.